The van der Waals surface area contributed by atoms with E-state index in [1.807, 2.05) is 12.1 Å². The van der Waals surface area contributed by atoms with E-state index >= 15 is 0 Å². The molecule has 1 aliphatic heterocycles. The van der Waals surface area contributed by atoms with Crippen molar-refractivity contribution in [2.24, 2.45) is 5.92 Å². The molecular formula is C24H28F2N4O2. The van der Waals surface area contributed by atoms with Crippen LogP contribution in [0.2, 0.25) is 0 Å². The van der Waals surface area contributed by atoms with Crippen LogP contribution in [0.15, 0.2) is 36.5 Å². The second kappa shape index (κ2) is 10.1. The summed E-state index contributed by atoms with van der Waals surface area (Å²) < 4.78 is 27.2. The first kappa shape index (κ1) is 22.2. The van der Waals surface area contributed by atoms with Crippen LogP contribution in [-0.2, 0) is 4.79 Å². The van der Waals surface area contributed by atoms with Gasteiger partial charge in [-0.2, -0.15) is 0 Å². The molecule has 0 unspecified atom stereocenters. The summed E-state index contributed by atoms with van der Waals surface area (Å²) in [5, 5.41) is 2.97. The maximum atomic E-state index is 14.0. The molecule has 1 saturated carbocycles. The molecule has 0 radical (unpaired) electrons. The van der Waals surface area contributed by atoms with Gasteiger partial charge in [0.05, 0.1) is 17.4 Å². The quantitative estimate of drug-likeness (QED) is 0.770. The van der Waals surface area contributed by atoms with Gasteiger partial charge in [-0.25, -0.2) is 13.8 Å². The number of carbonyl (C=O) groups excluding carboxylic acids is 2. The third-order valence-electron chi connectivity index (χ3n) is 6.26. The number of hydrogen-bond donors (Lipinski definition) is 1. The summed E-state index contributed by atoms with van der Waals surface area (Å²) in [6, 6.07) is 6.74. The van der Waals surface area contributed by atoms with E-state index in [1.165, 1.54) is 12.5 Å². The third kappa shape index (κ3) is 5.23. The van der Waals surface area contributed by atoms with Gasteiger partial charge < -0.3 is 15.1 Å². The normalized spacial score (nSPS) is 17.7. The Kier molecular flexibility index (Phi) is 6.97. The fraction of sp³-hybridized carbons (Fsp3) is 0.458. The largest absolute Gasteiger partial charge is 0.355 e. The van der Waals surface area contributed by atoms with Crippen molar-refractivity contribution >= 4 is 23.3 Å². The smallest absolute Gasteiger partial charge is 0.256 e. The van der Waals surface area contributed by atoms with Crippen LogP contribution in [0.4, 0.5) is 20.3 Å². The van der Waals surface area contributed by atoms with Crippen molar-refractivity contribution < 1.29 is 18.4 Å². The molecule has 2 fully saturated rings. The molecule has 1 N–H and O–H groups in total. The molecule has 2 aliphatic rings. The van der Waals surface area contributed by atoms with Crippen molar-refractivity contribution in [2.45, 2.75) is 38.5 Å². The molecule has 32 heavy (non-hydrogen) atoms. The second-order valence-corrected chi connectivity index (χ2v) is 8.49. The molecule has 2 amide bonds. The minimum absolute atomic E-state index is 0.0659. The molecule has 170 valence electrons. The van der Waals surface area contributed by atoms with Gasteiger partial charge in [0, 0.05) is 38.2 Å². The number of benzene rings is 1. The van der Waals surface area contributed by atoms with Crippen LogP contribution in [0, 0.1) is 17.6 Å². The summed E-state index contributed by atoms with van der Waals surface area (Å²) in [5.74, 6) is -1.06. The molecule has 2 aromatic rings. The van der Waals surface area contributed by atoms with Gasteiger partial charge in [-0.3, -0.25) is 9.59 Å². The highest BCUT2D eigenvalue weighted by atomic mass is 19.1. The molecule has 0 bridgehead atoms. The first-order valence-corrected chi connectivity index (χ1v) is 11.3. The lowest BCUT2D eigenvalue weighted by molar-refractivity contribution is -0.120. The van der Waals surface area contributed by atoms with Crippen molar-refractivity contribution in [1.29, 1.82) is 0 Å². The highest BCUT2D eigenvalue weighted by Gasteiger charge is 2.24. The number of pyridine rings is 1. The van der Waals surface area contributed by atoms with E-state index in [0.29, 0.717) is 38.3 Å². The Labute approximate surface area is 186 Å². The second-order valence-electron chi connectivity index (χ2n) is 8.49. The lowest BCUT2D eigenvalue weighted by Crippen LogP contribution is -2.35. The molecule has 0 spiro atoms. The summed E-state index contributed by atoms with van der Waals surface area (Å²) in [4.78, 5) is 33.3. The fourth-order valence-corrected chi connectivity index (χ4v) is 4.44. The van der Waals surface area contributed by atoms with Crippen LogP contribution < -0.4 is 10.2 Å². The fourth-order valence-electron chi connectivity index (χ4n) is 4.44. The monoisotopic (exact) mass is 442 g/mol. The van der Waals surface area contributed by atoms with Crippen molar-refractivity contribution in [2.75, 3.05) is 36.4 Å². The van der Waals surface area contributed by atoms with Crippen molar-refractivity contribution in [3.05, 3.63) is 53.7 Å². The van der Waals surface area contributed by atoms with E-state index in [-0.39, 0.29) is 17.4 Å². The zero-order valence-corrected chi connectivity index (χ0v) is 18.0. The number of hydrogen-bond acceptors (Lipinski definition) is 4. The summed E-state index contributed by atoms with van der Waals surface area (Å²) in [5.41, 5.74) is 0.568. The standard InChI is InChI=1S/C24H28F2N4O2/c25-18-7-9-20(21(26)15-18)24(32)30-12-4-11-29(13-14-30)22-10-8-19(16-27-22)28-23(31)17-5-2-1-3-6-17/h7-10,15-17H,1-6,11-14H2,(H,28,31). The average molecular weight is 443 g/mol. The molecule has 1 aromatic carbocycles. The SMILES string of the molecule is O=C(Nc1ccc(N2CCCN(C(=O)c3ccc(F)cc3F)CC2)nc1)C1CCCCC1. The Hall–Kier alpha value is -3.03. The van der Waals surface area contributed by atoms with Crippen LogP contribution >= 0.6 is 0 Å². The summed E-state index contributed by atoms with van der Waals surface area (Å²) >= 11 is 0. The van der Waals surface area contributed by atoms with Gasteiger partial charge in [-0.1, -0.05) is 19.3 Å². The minimum Gasteiger partial charge on any atom is -0.355 e. The summed E-state index contributed by atoms with van der Waals surface area (Å²) in [7, 11) is 0. The van der Waals surface area contributed by atoms with Crippen LogP contribution in [0.3, 0.4) is 0 Å². The predicted octanol–water partition coefficient (Wildman–Crippen LogP) is 4.23. The lowest BCUT2D eigenvalue weighted by atomic mass is 9.88. The predicted molar refractivity (Wildman–Crippen MR) is 119 cm³/mol. The van der Waals surface area contributed by atoms with E-state index in [4.69, 9.17) is 0 Å². The molecule has 2 heterocycles. The van der Waals surface area contributed by atoms with Gasteiger partial charge >= 0.3 is 0 Å². The van der Waals surface area contributed by atoms with Gasteiger partial charge in [-0.15, -0.1) is 0 Å². The molecule has 6 nitrogen and oxygen atoms in total. The van der Waals surface area contributed by atoms with Crippen molar-refractivity contribution in [3.8, 4) is 0 Å². The van der Waals surface area contributed by atoms with E-state index < -0.39 is 17.5 Å². The van der Waals surface area contributed by atoms with Crippen LogP contribution in [-0.4, -0.2) is 47.9 Å². The Morgan fingerprint density at radius 2 is 1.75 bits per heavy atom. The number of nitrogens with one attached hydrogen (secondary N) is 1. The number of halogens is 2. The zero-order chi connectivity index (χ0) is 22.5. The first-order valence-electron chi connectivity index (χ1n) is 11.3. The Morgan fingerprint density at radius 3 is 2.47 bits per heavy atom. The topological polar surface area (TPSA) is 65.5 Å². The Balaban J connectivity index is 1.34. The van der Waals surface area contributed by atoms with Gasteiger partial charge in [0.25, 0.3) is 5.91 Å². The van der Waals surface area contributed by atoms with Crippen LogP contribution in [0.5, 0.6) is 0 Å². The summed E-state index contributed by atoms with van der Waals surface area (Å²) in [6.45, 7) is 2.16. The van der Waals surface area contributed by atoms with Gasteiger partial charge in [0.1, 0.15) is 17.5 Å². The van der Waals surface area contributed by atoms with E-state index in [1.54, 1.807) is 11.1 Å². The molecule has 0 atom stereocenters. The molecule has 1 aliphatic carbocycles. The molecule has 4 rings (SSSR count). The lowest BCUT2D eigenvalue weighted by Gasteiger charge is -2.23. The molecule has 8 heteroatoms. The highest BCUT2D eigenvalue weighted by molar-refractivity contribution is 5.94. The van der Waals surface area contributed by atoms with Crippen LogP contribution in [0.25, 0.3) is 0 Å². The zero-order valence-electron chi connectivity index (χ0n) is 18.0. The Morgan fingerprint density at radius 1 is 0.938 bits per heavy atom. The van der Waals surface area contributed by atoms with Gasteiger partial charge in [-0.05, 0) is 43.5 Å². The Bertz CT molecular complexity index is 961. The number of nitrogens with zero attached hydrogens (tertiary/aromatic N) is 3. The van der Waals surface area contributed by atoms with Crippen LogP contribution in [0.1, 0.15) is 48.9 Å². The highest BCUT2D eigenvalue weighted by Crippen LogP contribution is 2.25. The van der Waals surface area contributed by atoms with Gasteiger partial charge in [0.15, 0.2) is 0 Å². The maximum absolute atomic E-state index is 14.0. The van der Waals surface area contributed by atoms with E-state index in [2.05, 4.69) is 15.2 Å². The summed E-state index contributed by atoms with van der Waals surface area (Å²) in [6.07, 6.45) is 7.69. The molecule has 1 saturated heterocycles. The van der Waals surface area contributed by atoms with E-state index in [0.717, 1.165) is 43.6 Å². The number of amides is 2. The minimum atomic E-state index is -0.844. The first-order chi connectivity index (χ1) is 15.5. The third-order valence-corrected chi connectivity index (χ3v) is 6.26. The van der Waals surface area contributed by atoms with Crippen molar-refractivity contribution in [1.82, 2.24) is 9.88 Å². The number of aromatic nitrogens is 1. The van der Waals surface area contributed by atoms with Crippen molar-refractivity contribution in [3.63, 3.8) is 0 Å². The molecular weight excluding hydrogens is 414 g/mol. The average Bonchev–Trinajstić information content (AvgIpc) is 3.06. The maximum Gasteiger partial charge on any atom is 0.256 e. The molecule has 1 aromatic heterocycles. The number of anilines is 2. The number of rotatable bonds is 4. The number of carbonyl (C=O) groups is 2. The van der Waals surface area contributed by atoms with Gasteiger partial charge in [0.2, 0.25) is 5.91 Å². The van der Waals surface area contributed by atoms with E-state index in [9.17, 15) is 18.4 Å².